The summed E-state index contributed by atoms with van der Waals surface area (Å²) in [6.07, 6.45) is 1.62. The summed E-state index contributed by atoms with van der Waals surface area (Å²) in [5.41, 5.74) is 1.34. The van der Waals surface area contributed by atoms with Crippen LogP contribution in [0, 0.1) is 5.82 Å². The number of benzene rings is 1. The van der Waals surface area contributed by atoms with Gasteiger partial charge in [0.25, 0.3) is 0 Å². The number of hydrogen-bond donors (Lipinski definition) is 0. The van der Waals surface area contributed by atoms with Crippen molar-refractivity contribution < 1.29 is 13.9 Å². The van der Waals surface area contributed by atoms with Crippen molar-refractivity contribution in [1.82, 2.24) is 0 Å². The molecule has 0 N–H and O–H groups in total. The predicted octanol–water partition coefficient (Wildman–Crippen LogP) is 3.75. The van der Waals surface area contributed by atoms with Crippen molar-refractivity contribution in [3.63, 3.8) is 0 Å². The van der Waals surface area contributed by atoms with Crippen molar-refractivity contribution in [2.75, 3.05) is 0 Å². The Morgan fingerprint density at radius 3 is 2.79 bits per heavy atom. The smallest absolute Gasteiger partial charge is 0.333 e. The van der Waals surface area contributed by atoms with Crippen molar-refractivity contribution in [2.45, 2.75) is 45.1 Å². The Morgan fingerprint density at radius 1 is 1.47 bits per heavy atom. The Morgan fingerprint density at radius 2 is 2.16 bits per heavy atom. The first-order chi connectivity index (χ1) is 8.83. The summed E-state index contributed by atoms with van der Waals surface area (Å²) < 4.78 is 19.5. The van der Waals surface area contributed by atoms with Gasteiger partial charge in [0.05, 0.1) is 0 Å². The third-order valence-electron chi connectivity index (χ3n) is 3.74. The second-order valence-corrected chi connectivity index (χ2v) is 5.68. The highest BCUT2D eigenvalue weighted by Crippen LogP contribution is 2.43. The van der Waals surface area contributed by atoms with Gasteiger partial charge in [-0.05, 0) is 50.8 Å². The van der Waals surface area contributed by atoms with E-state index in [-0.39, 0.29) is 11.7 Å². The summed E-state index contributed by atoms with van der Waals surface area (Å²) in [5.74, 6) is -0.735. The first kappa shape index (κ1) is 13.8. The molecule has 19 heavy (non-hydrogen) atoms. The van der Waals surface area contributed by atoms with Crippen LogP contribution in [-0.4, -0.2) is 11.6 Å². The van der Waals surface area contributed by atoms with Gasteiger partial charge in [-0.25, -0.2) is 9.18 Å². The molecule has 0 amide bonds. The van der Waals surface area contributed by atoms with Crippen molar-refractivity contribution in [3.05, 3.63) is 47.3 Å². The zero-order valence-corrected chi connectivity index (χ0v) is 11.6. The van der Waals surface area contributed by atoms with E-state index in [2.05, 4.69) is 6.58 Å². The second kappa shape index (κ2) is 4.80. The molecule has 0 radical (unpaired) electrons. The Labute approximate surface area is 113 Å². The fourth-order valence-corrected chi connectivity index (χ4v) is 2.73. The maximum absolute atomic E-state index is 14.0. The number of halogens is 1. The van der Waals surface area contributed by atoms with E-state index in [1.54, 1.807) is 13.0 Å². The number of fused-ring (bicyclic) bond motifs is 1. The highest BCUT2D eigenvalue weighted by molar-refractivity contribution is 5.87. The third kappa shape index (κ3) is 2.55. The van der Waals surface area contributed by atoms with Gasteiger partial charge in [0, 0.05) is 11.5 Å². The minimum atomic E-state index is -0.733. The van der Waals surface area contributed by atoms with Gasteiger partial charge in [0.2, 0.25) is 0 Å². The molecule has 0 fully saturated rings. The lowest BCUT2D eigenvalue weighted by Crippen LogP contribution is -2.34. The lowest BCUT2D eigenvalue weighted by molar-refractivity contribution is -0.153. The van der Waals surface area contributed by atoms with Gasteiger partial charge >= 0.3 is 5.97 Å². The molecule has 0 spiro atoms. The minimum Gasteiger partial charge on any atom is -0.456 e. The van der Waals surface area contributed by atoms with Crippen LogP contribution in [0.25, 0.3) is 0 Å². The van der Waals surface area contributed by atoms with E-state index < -0.39 is 11.6 Å². The minimum absolute atomic E-state index is 0.105. The van der Waals surface area contributed by atoms with Crippen molar-refractivity contribution >= 4 is 5.97 Å². The molecule has 1 aliphatic rings. The van der Waals surface area contributed by atoms with Gasteiger partial charge in [-0.2, -0.15) is 0 Å². The van der Waals surface area contributed by atoms with E-state index in [0.717, 1.165) is 18.4 Å². The summed E-state index contributed by atoms with van der Waals surface area (Å²) in [7, 11) is 0. The molecule has 1 atom stereocenters. The third-order valence-corrected chi connectivity index (χ3v) is 3.74. The highest BCUT2D eigenvalue weighted by Gasteiger charge is 2.40. The molecular weight excluding hydrogens is 243 g/mol. The molecule has 1 aromatic carbocycles. The number of hydrogen-bond acceptors (Lipinski definition) is 2. The molecule has 1 aromatic rings. The van der Waals surface area contributed by atoms with Crippen molar-refractivity contribution in [2.24, 2.45) is 0 Å². The van der Waals surface area contributed by atoms with Gasteiger partial charge in [0.1, 0.15) is 11.4 Å². The lowest BCUT2D eigenvalue weighted by Gasteiger charge is -2.32. The van der Waals surface area contributed by atoms with Gasteiger partial charge in [-0.3, -0.25) is 0 Å². The second-order valence-electron chi connectivity index (χ2n) is 5.68. The van der Waals surface area contributed by atoms with Gasteiger partial charge < -0.3 is 4.74 Å². The summed E-state index contributed by atoms with van der Waals surface area (Å²) in [6, 6.07) is 5.13. The zero-order valence-electron chi connectivity index (χ0n) is 11.6. The van der Waals surface area contributed by atoms with Crippen molar-refractivity contribution in [3.8, 4) is 0 Å². The topological polar surface area (TPSA) is 26.3 Å². The largest absolute Gasteiger partial charge is 0.456 e. The molecule has 2 rings (SSSR count). The molecule has 0 aliphatic heterocycles. The van der Waals surface area contributed by atoms with E-state index >= 15 is 0 Å². The summed E-state index contributed by atoms with van der Waals surface area (Å²) in [5, 5.41) is 0. The van der Waals surface area contributed by atoms with Crippen LogP contribution < -0.4 is 0 Å². The molecule has 2 nitrogen and oxygen atoms in total. The Balaban J connectivity index is 2.30. The van der Waals surface area contributed by atoms with Crippen LogP contribution in [-0.2, 0) is 16.0 Å². The first-order valence-electron chi connectivity index (χ1n) is 6.49. The number of esters is 1. The lowest BCUT2D eigenvalue weighted by atomic mass is 9.85. The van der Waals surface area contributed by atoms with Gasteiger partial charge in [0.15, 0.2) is 0 Å². The van der Waals surface area contributed by atoms with Crippen LogP contribution in [0.5, 0.6) is 0 Å². The highest BCUT2D eigenvalue weighted by atomic mass is 19.1. The SMILES string of the molecule is C=C(C)C(=O)OC(C)(C)C1CCc2cccc(F)c21. The number of aryl methyl sites for hydroxylation is 1. The molecule has 0 saturated heterocycles. The number of ether oxygens (including phenoxy) is 1. The number of carbonyl (C=O) groups is 1. The first-order valence-corrected chi connectivity index (χ1v) is 6.49. The molecule has 102 valence electrons. The van der Waals surface area contributed by atoms with Crippen LogP contribution in [0.4, 0.5) is 4.39 Å². The number of rotatable bonds is 3. The molecule has 3 heteroatoms. The zero-order chi connectivity index (χ0) is 14.2. The summed E-state index contributed by atoms with van der Waals surface area (Å²) >= 11 is 0. The fraction of sp³-hybridized carbons (Fsp3) is 0.438. The molecule has 1 unspecified atom stereocenters. The van der Waals surface area contributed by atoms with E-state index in [1.807, 2.05) is 19.9 Å². The Kier molecular flexibility index (Phi) is 3.48. The fourth-order valence-electron chi connectivity index (χ4n) is 2.73. The van der Waals surface area contributed by atoms with E-state index in [1.165, 1.54) is 6.07 Å². The monoisotopic (exact) mass is 262 g/mol. The average Bonchev–Trinajstić information content (AvgIpc) is 2.74. The van der Waals surface area contributed by atoms with Crippen LogP contribution >= 0.6 is 0 Å². The molecule has 0 heterocycles. The molecule has 0 saturated carbocycles. The van der Waals surface area contributed by atoms with Crippen LogP contribution in [0.2, 0.25) is 0 Å². The van der Waals surface area contributed by atoms with E-state index in [4.69, 9.17) is 4.74 Å². The maximum Gasteiger partial charge on any atom is 0.333 e. The van der Waals surface area contributed by atoms with E-state index in [9.17, 15) is 9.18 Å². The van der Waals surface area contributed by atoms with Crippen LogP contribution in [0.1, 0.15) is 44.2 Å². The van der Waals surface area contributed by atoms with Crippen molar-refractivity contribution in [1.29, 1.82) is 0 Å². The normalized spacial score (nSPS) is 18.0. The standard InChI is InChI=1S/C16H19FO2/c1-10(2)15(18)19-16(3,4)12-9-8-11-6-5-7-13(17)14(11)12/h5-7,12H,1,8-9H2,2-4H3. The van der Waals surface area contributed by atoms with Crippen LogP contribution in [0.15, 0.2) is 30.4 Å². The van der Waals surface area contributed by atoms with E-state index in [0.29, 0.717) is 11.1 Å². The maximum atomic E-state index is 14.0. The average molecular weight is 262 g/mol. The summed E-state index contributed by atoms with van der Waals surface area (Å²) in [4.78, 5) is 11.7. The molecule has 0 aromatic heterocycles. The Hall–Kier alpha value is -1.64. The summed E-state index contributed by atoms with van der Waals surface area (Å²) in [6.45, 7) is 8.86. The Bertz CT molecular complexity index is 532. The van der Waals surface area contributed by atoms with Crippen LogP contribution in [0.3, 0.4) is 0 Å². The molecular formula is C16H19FO2. The molecule has 0 bridgehead atoms. The van der Waals surface area contributed by atoms with Gasteiger partial charge in [-0.1, -0.05) is 18.7 Å². The number of carbonyl (C=O) groups excluding carboxylic acids is 1. The predicted molar refractivity (Wildman–Crippen MR) is 72.4 cm³/mol. The quantitative estimate of drug-likeness (QED) is 0.612. The van der Waals surface area contributed by atoms with Gasteiger partial charge in [-0.15, -0.1) is 0 Å². The molecule has 1 aliphatic carbocycles.